The number of benzene rings is 2. The minimum absolute atomic E-state index is 0.217. The number of nitrogens with zero attached hydrogens (tertiary/aromatic N) is 1. The summed E-state index contributed by atoms with van der Waals surface area (Å²) in [7, 11) is 1.62. The standard InChI is InChI=1S/C31H35NO5/c1-18-24-16-21(36-5)12-14-22(24)28-27(19-9-7-6-8-10-19)23-13-11-20(30(35)37-31(2,3)4)15-26(23)32(28)17-25(18)29(33)34/h11-16,19H,6-10,17H2,1-5H3,(H,33,34). The quantitative estimate of drug-likeness (QED) is 0.383. The Labute approximate surface area is 217 Å². The number of esters is 1. The van der Waals surface area contributed by atoms with Crippen molar-refractivity contribution >= 4 is 28.4 Å². The van der Waals surface area contributed by atoms with Crippen LogP contribution < -0.4 is 4.74 Å². The Morgan fingerprint density at radius 3 is 2.38 bits per heavy atom. The van der Waals surface area contributed by atoms with E-state index in [1.165, 1.54) is 24.8 Å². The average Bonchev–Trinajstić information content (AvgIpc) is 3.12. The van der Waals surface area contributed by atoms with E-state index >= 15 is 0 Å². The molecule has 1 aliphatic heterocycles. The lowest BCUT2D eigenvalue weighted by Crippen LogP contribution is -2.23. The van der Waals surface area contributed by atoms with Crippen LogP contribution in [0.3, 0.4) is 0 Å². The van der Waals surface area contributed by atoms with Crippen molar-refractivity contribution in [2.75, 3.05) is 7.11 Å². The molecular weight excluding hydrogens is 466 g/mol. The first-order chi connectivity index (χ1) is 17.6. The first kappa shape index (κ1) is 25.1. The molecule has 0 amide bonds. The van der Waals surface area contributed by atoms with E-state index in [9.17, 15) is 14.7 Å². The number of allylic oxidation sites excluding steroid dienone is 1. The zero-order chi connectivity index (χ0) is 26.5. The highest BCUT2D eigenvalue weighted by molar-refractivity contribution is 6.04. The Kier molecular flexibility index (Phi) is 6.38. The van der Waals surface area contributed by atoms with Crippen LogP contribution >= 0.6 is 0 Å². The molecule has 194 valence electrons. The lowest BCUT2D eigenvalue weighted by Gasteiger charge is -2.24. The number of carboxylic acids is 1. The topological polar surface area (TPSA) is 77.8 Å². The van der Waals surface area contributed by atoms with Crippen molar-refractivity contribution < 1.29 is 24.2 Å². The van der Waals surface area contributed by atoms with Crippen LogP contribution in [0.5, 0.6) is 5.75 Å². The highest BCUT2D eigenvalue weighted by Crippen LogP contribution is 2.48. The molecular formula is C31H35NO5. The lowest BCUT2D eigenvalue weighted by molar-refractivity contribution is -0.132. The highest BCUT2D eigenvalue weighted by atomic mass is 16.6. The molecule has 1 N–H and O–H groups in total. The Bertz CT molecular complexity index is 1430. The SMILES string of the molecule is COc1ccc2c(c1)C(C)=C(C(=O)O)Cn1c-2c(C2CCCCC2)c2ccc(C(=O)OC(C)(C)C)cc21. The second kappa shape index (κ2) is 9.40. The zero-order valence-electron chi connectivity index (χ0n) is 22.3. The second-order valence-corrected chi connectivity index (χ2v) is 11.2. The van der Waals surface area contributed by atoms with Gasteiger partial charge in [0.1, 0.15) is 11.4 Å². The van der Waals surface area contributed by atoms with Gasteiger partial charge in [0.15, 0.2) is 0 Å². The molecule has 1 fully saturated rings. The van der Waals surface area contributed by atoms with Gasteiger partial charge in [-0.05, 0) is 93.5 Å². The molecule has 5 rings (SSSR count). The summed E-state index contributed by atoms with van der Waals surface area (Å²) in [5.74, 6) is -0.253. The van der Waals surface area contributed by atoms with E-state index < -0.39 is 11.6 Å². The lowest BCUT2D eigenvalue weighted by atomic mass is 9.81. The van der Waals surface area contributed by atoms with Crippen molar-refractivity contribution in [3.63, 3.8) is 0 Å². The highest BCUT2D eigenvalue weighted by Gasteiger charge is 2.32. The molecule has 0 atom stereocenters. The molecule has 6 nitrogen and oxygen atoms in total. The van der Waals surface area contributed by atoms with E-state index in [2.05, 4.69) is 4.57 Å². The number of carbonyl (C=O) groups excluding carboxylic acids is 1. The van der Waals surface area contributed by atoms with Gasteiger partial charge >= 0.3 is 11.9 Å². The van der Waals surface area contributed by atoms with Crippen molar-refractivity contribution in [1.82, 2.24) is 4.57 Å². The van der Waals surface area contributed by atoms with E-state index in [0.717, 1.165) is 46.1 Å². The molecule has 1 aliphatic carbocycles. The number of carbonyl (C=O) groups is 2. The second-order valence-electron chi connectivity index (χ2n) is 11.2. The third-order valence-electron chi connectivity index (χ3n) is 7.66. The van der Waals surface area contributed by atoms with Crippen LogP contribution in [0.4, 0.5) is 0 Å². The van der Waals surface area contributed by atoms with E-state index in [1.54, 1.807) is 7.11 Å². The van der Waals surface area contributed by atoms with Gasteiger partial charge in [-0.3, -0.25) is 0 Å². The molecule has 2 heterocycles. The summed E-state index contributed by atoms with van der Waals surface area (Å²) in [6, 6.07) is 11.7. The van der Waals surface area contributed by atoms with Crippen LogP contribution in [0, 0.1) is 0 Å². The maximum atomic E-state index is 13.0. The number of hydrogen-bond donors (Lipinski definition) is 1. The molecule has 0 unspecified atom stereocenters. The maximum Gasteiger partial charge on any atom is 0.338 e. The molecule has 3 aromatic rings. The largest absolute Gasteiger partial charge is 0.497 e. The Balaban J connectivity index is 1.83. The molecule has 0 spiro atoms. The minimum atomic E-state index is -0.941. The smallest absolute Gasteiger partial charge is 0.338 e. The molecule has 2 aliphatic rings. The van der Waals surface area contributed by atoms with Gasteiger partial charge in [-0.2, -0.15) is 0 Å². The number of hydrogen-bond acceptors (Lipinski definition) is 4. The summed E-state index contributed by atoms with van der Waals surface area (Å²) < 4.78 is 13.3. The van der Waals surface area contributed by atoms with Crippen LogP contribution in [0.15, 0.2) is 42.0 Å². The molecule has 0 saturated heterocycles. The normalized spacial score (nSPS) is 16.2. The van der Waals surface area contributed by atoms with Gasteiger partial charge in [0.05, 0.1) is 30.5 Å². The zero-order valence-corrected chi connectivity index (χ0v) is 22.3. The van der Waals surface area contributed by atoms with Crippen LogP contribution in [-0.2, 0) is 16.1 Å². The van der Waals surface area contributed by atoms with Crippen molar-refractivity contribution in [3.05, 3.63) is 58.7 Å². The van der Waals surface area contributed by atoms with Crippen LogP contribution in [0.25, 0.3) is 27.7 Å². The van der Waals surface area contributed by atoms with Crippen molar-refractivity contribution in [2.45, 2.75) is 77.9 Å². The van der Waals surface area contributed by atoms with Gasteiger partial charge in [-0.25, -0.2) is 9.59 Å². The number of fused-ring (bicyclic) bond motifs is 5. The van der Waals surface area contributed by atoms with Gasteiger partial charge in [0.25, 0.3) is 0 Å². The van der Waals surface area contributed by atoms with Crippen LogP contribution in [-0.4, -0.2) is 34.3 Å². The number of ether oxygens (including phenoxy) is 2. The van der Waals surface area contributed by atoms with Gasteiger partial charge in [0.2, 0.25) is 0 Å². The van der Waals surface area contributed by atoms with Gasteiger partial charge in [-0.15, -0.1) is 0 Å². The summed E-state index contributed by atoms with van der Waals surface area (Å²) >= 11 is 0. The van der Waals surface area contributed by atoms with Gasteiger partial charge < -0.3 is 19.1 Å². The third kappa shape index (κ3) is 4.54. The third-order valence-corrected chi connectivity index (χ3v) is 7.66. The van der Waals surface area contributed by atoms with E-state index in [1.807, 2.05) is 64.1 Å². The molecule has 37 heavy (non-hydrogen) atoms. The Hall–Kier alpha value is -3.54. The fourth-order valence-electron chi connectivity index (χ4n) is 5.93. The molecule has 0 radical (unpaired) electrons. The van der Waals surface area contributed by atoms with E-state index in [4.69, 9.17) is 9.47 Å². The van der Waals surface area contributed by atoms with Crippen LogP contribution in [0.2, 0.25) is 0 Å². The van der Waals surface area contributed by atoms with Gasteiger partial charge in [0, 0.05) is 16.5 Å². The van der Waals surface area contributed by atoms with E-state index in [0.29, 0.717) is 22.8 Å². The molecule has 1 saturated carbocycles. The Morgan fingerprint density at radius 2 is 1.73 bits per heavy atom. The first-order valence-electron chi connectivity index (χ1n) is 13.1. The molecule has 1 aromatic heterocycles. The first-order valence-corrected chi connectivity index (χ1v) is 13.1. The fourth-order valence-corrected chi connectivity index (χ4v) is 5.93. The summed E-state index contributed by atoms with van der Waals surface area (Å²) in [6.07, 6.45) is 5.80. The molecule has 6 heteroatoms. The molecule has 2 aromatic carbocycles. The summed E-state index contributed by atoms with van der Waals surface area (Å²) in [5.41, 5.74) is 5.99. The number of aliphatic carboxylic acids is 1. The predicted molar refractivity (Wildman–Crippen MR) is 145 cm³/mol. The fraction of sp³-hybridized carbons (Fsp3) is 0.419. The summed E-state index contributed by atoms with van der Waals surface area (Å²) in [5, 5.41) is 11.3. The van der Waals surface area contributed by atoms with Crippen molar-refractivity contribution in [2.24, 2.45) is 0 Å². The Morgan fingerprint density at radius 1 is 1.00 bits per heavy atom. The number of methoxy groups -OCH3 is 1. The minimum Gasteiger partial charge on any atom is -0.497 e. The number of carboxylic acid groups (broad SMARTS) is 1. The average molecular weight is 502 g/mol. The van der Waals surface area contributed by atoms with E-state index in [-0.39, 0.29) is 12.5 Å². The molecule has 0 bridgehead atoms. The number of rotatable bonds is 4. The van der Waals surface area contributed by atoms with Crippen molar-refractivity contribution in [3.8, 4) is 17.0 Å². The predicted octanol–water partition coefficient (Wildman–Crippen LogP) is 7.19. The maximum absolute atomic E-state index is 13.0. The van der Waals surface area contributed by atoms with Gasteiger partial charge in [-0.1, -0.05) is 25.3 Å². The summed E-state index contributed by atoms with van der Waals surface area (Å²) in [6.45, 7) is 7.65. The monoisotopic (exact) mass is 501 g/mol. The van der Waals surface area contributed by atoms with Crippen LogP contribution in [0.1, 0.15) is 87.2 Å². The van der Waals surface area contributed by atoms with Crippen molar-refractivity contribution in [1.29, 1.82) is 0 Å². The number of aromatic nitrogens is 1. The summed E-state index contributed by atoms with van der Waals surface area (Å²) in [4.78, 5) is 25.5.